The van der Waals surface area contributed by atoms with Gasteiger partial charge in [0.2, 0.25) is 0 Å². The van der Waals surface area contributed by atoms with Gasteiger partial charge in [-0.3, -0.25) is 10.1 Å². The molecule has 134 valence electrons. The van der Waals surface area contributed by atoms with Gasteiger partial charge in [0.25, 0.3) is 5.69 Å². The van der Waals surface area contributed by atoms with Gasteiger partial charge < -0.3 is 20.3 Å². The lowest BCUT2D eigenvalue weighted by molar-refractivity contribution is -0.386. The fourth-order valence-corrected chi connectivity index (χ4v) is 2.10. The lowest BCUT2D eigenvalue weighted by Gasteiger charge is -2.22. The second-order valence-corrected chi connectivity index (χ2v) is 6.79. The molecule has 0 radical (unpaired) electrons. The Kier molecular flexibility index (Phi) is 6.79. The smallest absolute Gasteiger partial charge is 0.407 e. The van der Waals surface area contributed by atoms with E-state index in [1.807, 2.05) is 0 Å². The van der Waals surface area contributed by atoms with Crippen LogP contribution in [0.2, 0.25) is 10.0 Å². The van der Waals surface area contributed by atoms with E-state index in [-0.39, 0.29) is 22.2 Å². The highest BCUT2D eigenvalue weighted by Gasteiger charge is 2.28. The summed E-state index contributed by atoms with van der Waals surface area (Å²) in [5, 5.41) is 33.4. The number of nitro benzene ring substituents is 1. The summed E-state index contributed by atoms with van der Waals surface area (Å²) in [6.07, 6.45) is -3.97. The SMILES string of the molecule is CC(C)(C)OC(=O)NCC(O)C(O)c1cc(Cl)c(Cl)cc1[N+](=O)[O-]. The first kappa shape index (κ1) is 20.4. The number of benzene rings is 1. The van der Waals surface area contributed by atoms with Crippen molar-refractivity contribution in [3.05, 3.63) is 37.9 Å². The Morgan fingerprint density at radius 2 is 1.88 bits per heavy atom. The van der Waals surface area contributed by atoms with E-state index in [9.17, 15) is 25.1 Å². The van der Waals surface area contributed by atoms with Crippen LogP contribution in [0.5, 0.6) is 0 Å². The molecule has 0 saturated heterocycles. The molecule has 1 aromatic carbocycles. The van der Waals surface area contributed by atoms with Crippen LogP contribution in [0.4, 0.5) is 10.5 Å². The van der Waals surface area contributed by atoms with Gasteiger partial charge in [0, 0.05) is 12.6 Å². The van der Waals surface area contributed by atoms with Crippen molar-refractivity contribution in [2.24, 2.45) is 0 Å². The fourth-order valence-electron chi connectivity index (χ4n) is 1.77. The molecule has 0 aliphatic heterocycles. The van der Waals surface area contributed by atoms with E-state index in [4.69, 9.17) is 27.9 Å². The molecule has 0 heterocycles. The number of nitro groups is 1. The molecule has 0 spiro atoms. The standard InChI is InChI=1S/C14H18Cl2N2O6/c1-14(2,3)24-13(21)17-6-11(19)12(20)7-4-8(15)9(16)5-10(7)18(22)23/h4-5,11-12,19-20H,6H2,1-3H3,(H,17,21). The molecule has 1 rings (SSSR count). The van der Waals surface area contributed by atoms with Crippen molar-refractivity contribution >= 4 is 35.0 Å². The van der Waals surface area contributed by atoms with E-state index < -0.39 is 34.5 Å². The van der Waals surface area contributed by atoms with Gasteiger partial charge in [-0.2, -0.15) is 0 Å². The third-order valence-corrected chi connectivity index (χ3v) is 3.53. The molecule has 0 saturated carbocycles. The topological polar surface area (TPSA) is 122 Å². The van der Waals surface area contributed by atoms with E-state index in [2.05, 4.69) is 5.32 Å². The van der Waals surface area contributed by atoms with Crippen molar-refractivity contribution in [3.63, 3.8) is 0 Å². The molecule has 3 N–H and O–H groups in total. The number of carbonyl (C=O) groups is 1. The average Bonchev–Trinajstić information content (AvgIpc) is 2.44. The Morgan fingerprint density at radius 3 is 2.38 bits per heavy atom. The van der Waals surface area contributed by atoms with Crippen molar-refractivity contribution in [1.82, 2.24) is 5.32 Å². The number of amides is 1. The second kappa shape index (κ2) is 7.98. The highest BCUT2D eigenvalue weighted by Crippen LogP contribution is 2.34. The molecule has 10 heteroatoms. The monoisotopic (exact) mass is 380 g/mol. The zero-order chi connectivity index (χ0) is 18.7. The van der Waals surface area contributed by atoms with Crippen molar-refractivity contribution in [3.8, 4) is 0 Å². The lowest BCUT2D eigenvalue weighted by atomic mass is 10.0. The molecule has 0 aromatic heterocycles. The molecule has 8 nitrogen and oxygen atoms in total. The van der Waals surface area contributed by atoms with E-state index >= 15 is 0 Å². The summed E-state index contributed by atoms with van der Waals surface area (Å²) in [6, 6.07) is 2.08. The summed E-state index contributed by atoms with van der Waals surface area (Å²) in [5.74, 6) is 0. The van der Waals surface area contributed by atoms with Gasteiger partial charge in [-0.1, -0.05) is 23.2 Å². The van der Waals surface area contributed by atoms with Crippen LogP contribution >= 0.6 is 23.2 Å². The van der Waals surface area contributed by atoms with Crippen LogP contribution in [0.1, 0.15) is 32.4 Å². The zero-order valence-electron chi connectivity index (χ0n) is 13.2. The Balaban J connectivity index is 2.86. The number of carbonyl (C=O) groups excluding carboxylic acids is 1. The molecular weight excluding hydrogens is 363 g/mol. The molecular formula is C14H18Cl2N2O6. The van der Waals surface area contributed by atoms with E-state index in [0.29, 0.717) is 0 Å². The molecule has 0 bridgehead atoms. The third-order valence-electron chi connectivity index (χ3n) is 2.80. The number of nitrogens with one attached hydrogen (secondary N) is 1. The maximum Gasteiger partial charge on any atom is 0.407 e. The third kappa shape index (κ3) is 5.79. The first-order chi connectivity index (χ1) is 10.9. The quantitative estimate of drug-likeness (QED) is 0.533. The number of aliphatic hydroxyl groups is 2. The summed E-state index contributed by atoms with van der Waals surface area (Å²) in [5.41, 5.74) is -1.43. The number of rotatable bonds is 5. The van der Waals surface area contributed by atoms with Crippen molar-refractivity contribution in [2.45, 2.75) is 38.6 Å². The predicted octanol–water partition coefficient (Wildman–Crippen LogP) is 2.82. The summed E-state index contributed by atoms with van der Waals surface area (Å²) >= 11 is 11.5. The highest BCUT2D eigenvalue weighted by molar-refractivity contribution is 6.42. The number of ether oxygens (including phenoxy) is 1. The van der Waals surface area contributed by atoms with Gasteiger partial charge in [0.15, 0.2) is 0 Å². The van der Waals surface area contributed by atoms with Crippen LogP contribution in [0.15, 0.2) is 12.1 Å². The maximum atomic E-state index is 11.5. The molecule has 1 amide bonds. The largest absolute Gasteiger partial charge is 0.444 e. The minimum Gasteiger partial charge on any atom is -0.444 e. The van der Waals surface area contributed by atoms with Gasteiger partial charge >= 0.3 is 6.09 Å². The number of aliphatic hydroxyl groups excluding tert-OH is 2. The summed E-state index contributed by atoms with van der Waals surface area (Å²) in [4.78, 5) is 21.8. The molecule has 0 aliphatic carbocycles. The Bertz CT molecular complexity index is 632. The van der Waals surface area contributed by atoms with Crippen LogP contribution in [0.3, 0.4) is 0 Å². The Labute approximate surface area is 148 Å². The fraction of sp³-hybridized carbons (Fsp3) is 0.500. The van der Waals surface area contributed by atoms with Crippen molar-refractivity contribution < 1.29 is 24.7 Å². The van der Waals surface area contributed by atoms with Gasteiger partial charge in [0.1, 0.15) is 17.8 Å². The van der Waals surface area contributed by atoms with Gasteiger partial charge in [0.05, 0.1) is 20.5 Å². The van der Waals surface area contributed by atoms with E-state index in [1.54, 1.807) is 20.8 Å². The van der Waals surface area contributed by atoms with E-state index in [1.165, 1.54) is 0 Å². The number of hydrogen-bond donors (Lipinski definition) is 3. The molecule has 2 unspecified atom stereocenters. The number of hydrogen-bond acceptors (Lipinski definition) is 6. The molecule has 24 heavy (non-hydrogen) atoms. The van der Waals surface area contributed by atoms with Crippen molar-refractivity contribution in [2.75, 3.05) is 6.54 Å². The number of halogens is 2. The lowest BCUT2D eigenvalue weighted by Crippen LogP contribution is -2.39. The first-order valence-corrected chi connectivity index (χ1v) is 7.64. The van der Waals surface area contributed by atoms with Crippen LogP contribution < -0.4 is 5.32 Å². The van der Waals surface area contributed by atoms with Crippen LogP contribution in [-0.4, -0.2) is 39.5 Å². The second-order valence-electron chi connectivity index (χ2n) is 5.98. The highest BCUT2D eigenvalue weighted by atomic mass is 35.5. The number of alkyl carbamates (subject to hydrolysis) is 1. The van der Waals surface area contributed by atoms with Crippen LogP contribution in [0.25, 0.3) is 0 Å². The van der Waals surface area contributed by atoms with Gasteiger partial charge in [-0.15, -0.1) is 0 Å². The molecule has 2 atom stereocenters. The minimum absolute atomic E-state index is 0.0105. The van der Waals surface area contributed by atoms with Gasteiger partial charge in [-0.25, -0.2) is 4.79 Å². The van der Waals surface area contributed by atoms with Crippen molar-refractivity contribution in [1.29, 1.82) is 0 Å². The summed E-state index contributed by atoms with van der Waals surface area (Å²) in [7, 11) is 0. The Hall–Kier alpha value is -1.61. The number of nitrogens with zero attached hydrogens (tertiary/aromatic N) is 1. The molecule has 0 aliphatic rings. The Morgan fingerprint density at radius 1 is 1.33 bits per heavy atom. The van der Waals surface area contributed by atoms with Crippen LogP contribution in [-0.2, 0) is 4.74 Å². The van der Waals surface area contributed by atoms with E-state index in [0.717, 1.165) is 12.1 Å². The average molecular weight is 381 g/mol. The maximum absolute atomic E-state index is 11.5. The summed E-state index contributed by atoms with van der Waals surface area (Å²) in [6.45, 7) is 4.61. The zero-order valence-corrected chi connectivity index (χ0v) is 14.8. The summed E-state index contributed by atoms with van der Waals surface area (Å²) < 4.78 is 4.98. The molecule has 0 fully saturated rings. The normalized spacial score (nSPS) is 14.0. The minimum atomic E-state index is -1.66. The predicted molar refractivity (Wildman–Crippen MR) is 88.3 cm³/mol. The first-order valence-electron chi connectivity index (χ1n) is 6.88. The van der Waals surface area contributed by atoms with Crippen LogP contribution in [0, 0.1) is 10.1 Å². The van der Waals surface area contributed by atoms with Gasteiger partial charge in [-0.05, 0) is 26.8 Å². The molecule has 1 aromatic rings.